The van der Waals surface area contributed by atoms with E-state index in [1.807, 2.05) is 12.1 Å². The number of rotatable bonds is 8. The Kier molecular flexibility index (Phi) is 6.55. The summed E-state index contributed by atoms with van der Waals surface area (Å²) in [5.41, 5.74) is 5.37. The highest BCUT2D eigenvalue weighted by atomic mass is 16.5. The molecule has 2 aromatic heterocycles. The van der Waals surface area contributed by atoms with Gasteiger partial charge in [0.05, 0.1) is 18.5 Å². The van der Waals surface area contributed by atoms with Gasteiger partial charge in [0.2, 0.25) is 0 Å². The largest absolute Gasteiger partial charge is 0.504 e. The lowest BCUT2D eigenvalue weighted by atomic mass is 10.0. The van der Waals surface area contributed by atoms with E-state index in [2.05, 4.69) is 53.4 Å². The van der Waals surface area contributed by atoms with Crippen molar-refractivity contribution in [1.82, 2.24) is 24.6 Å². The summed E-state index contributed by atoms with van der Waals surface area (Å²) in [7, 11) is 1.58. The van der Waals surface area contributed by atoms with Crippen molar-refractivity contribution in [3.63, 3.8) is 0 Å². The van der Waals surface area contributed by atoms with Gasteiger partial charge in [0.1, 0.15) is 5.69 Å². The number of phenolic OH excluding ortho intramolecular Hbond substituents is 1. The van der Waals surface area contributed by atoms with Crippen LogP contribution in [0.2, 0.25) is 0 Å². The average Bonchev–Trinajstić information content (AvgIpc) is 3.38. The average molecular weight is 438 g/mol. The van der Waals surface area contributed by atoms with E-state index in [0.717, 1.165) is 55.3 Å². The first-order valence-electron chi connectivity index (χ1n) is 11.6. The number of aromatic nitrogens is 4. The number of phenols is 1. The molecule has 2 N–H and O–H groups in total. The van der Waals surface area contributed by atoms with Gasteiger partial charge in [0, 0.05) is 37.4 Å². The minimum absolute atomic E-state index is 0.229. The number of para-hydroxylation sites is 1. The van der Waals surface area contributed by atoms with E-state index in [4.69, 9.17) is 9.72 Å². The van der Waals surface area contributed by atoms with Crippen LogP contribution in [0.25, 0.3) is 11.5 Å². The van der Waals surface area contributed by atoms with E-state index in [-0.39, 0.29) is 5.75 Å². The van der Waals surface area contributed by atoms with Gasteiger partial charge in [-0.2, -0.15) is 5.10 Å². The Hall–Kier alpha value is -2.80. The van der Waals surface area contributed by atoms with Crippen molar-refractivity contribution in [2.75, 3.05) is 13.7 Å². The molecular weight excluding hydrogens is 402 g/mol. The first-order chi connectivity index (χ1) is 15.4. The molecule has 1 aromatic carbocycles. The monoisotopic (exact) mass is 437 g/mol. The summed E-state index contributed by atoms with van der Waals surface area (Å²) in [6.07, 6.45) is 2.07. The van der Waals surface area contributed by atoms with Crippen molar-refractivity contribution >= 4 is 0 Å². The highest BCUT2D eigenvalue weighted by Gasteiger charge is 2.26. The van der Waals surface area contributed by atoms with Crippen molar-refractivity contribution in [2.24, 2.45) is 5.92 Å². The predicted octanol–water partition coefficient (Wildman–Crippen LogP) is 4.72. The van der Waals surface area contributed by atoms with Crippen molar-refractivity contribution in [1.29, 1.82) is 0 Å². The standard InChI is InChI=1S/C25H35N5O2/c1-16(2)9-10-19-22-15-29(14-18-7-6-8-23(32-5)24(18)31)11-12-30(22)25(26-19)21-13-20(17(3)4)27-28-21/h6-8,13,16-17,31H,9-12,14-15H2,1-5H3,(H,27,28). The second kappa shape index (κ2) is 9.36. The zero-order valence-corrected chi connectivity index (χ0v) is 19.9. The Bertz CT molecular complexity index is 1070. The molecule has 3 aromatic rings. The molecule has 0 bridgehead atoms. The van der Waals surface area contributed by atoms with Gasteiger partial charge < -0.3 is 14.4 Å². The number of aromatic hydroxyl groups is 1. The summed E-state index contributed by atoms with van der Waals surface area (Å²) in [6, 6.07) is 7.81. The Morgan fingerprint density at radius 2 is 2.00 bits per heavy atom. The predicted molar refractivity (Wildman–Crippen MR) is 126 cm³/mol. The minimum atomic E-state index is 0.229. The highest BCUT2D eigenvalue weighted by Crippen LogP contribution is 2.33. The molecule has 0 spiro atoms. The maximum absolute atomic E-state index is 10.5. The molecule has 0 fully saturated rings. The number of H-pyrrole nitrogens is 1. The normalized spacial score (nSPS) is 14.3. The van der Waals surface area contributed by atoms with Crippen LogP contribution in [0.1, 0.15) is 62.7 Å². The molecule has 1 aliphatic heterocycles. The van der Waals surface area contributed by atoms with E-state index >= 15 is 0 Å². The van der Waals surface area contributed by atoms with Gasteiger partial charge in [-0.25, -0.2) is 4.98 Å². The van der Waals surface area contributed by atoms with Crippen LogP contribution in [0.3, 0.4) is 0 Å². The van der Waals surface area contributed by atoms with Gasteiger partial charge >= 0.3 is 0 Å². The number of nitrogens with one attached hydrogen (secondary N) is 1. The van der Waals surface area contributed by atoms with E-state index < -0.39 is 0 Å². The van der Waals surface area contributed by atoms with Crippen LogP contribution in [-0.4, -0.2) is 43.4 Å². The molecule has 32 heavy (non-hydrogen) atoms. The van der Waals surface area contributed by atoms with E-state index in [9.17, 15) is 5.11 Å². The summed E-state index contributed by atoms with van der Waals surface area (Å²) < 4.78 is 7.63. The van der Waals surface area contributed by atoms with Gasteiger partial charge in [0.15, 0.2) is 17.3 Å². The summed E-state index contributed by atoms with van der Waals surface area (Å²) in [5.74, 6) is 2.74. The Morgan fingerprint density at radius 3 is 2.69 bits per heavy atom. The lowest BCUT2D eigenvalue weighted by molar-refractivity contribution is 0.209. The van der Waals surface area contributed by atoms with Crippen LogP contribution in [-0.2, 0) is 26.1 Å². The molecule has 172 valence electrons. The number of aryl methyl sites for hydroxylation is 1. The first-order valence-corrected chi connectivity index (χ1v) is 11.6. The van der Waals surface area contributed by atoms with Gasteiger partial charge in [-0.3, -0.25) is 10.00 Å². The molecule has 1 aliphatic rings. The van der Waals surface area contributed by atoms with E-state index in [0.29, 0.717) is 24.1 Å². The number of hydrogen-bond acceptors (Lipinski definition) is 5. The zero-order chi connectivity index (χ0) is 22.8. The third kappa shape index (κ3) is 4.53. The van der Waals surface area contributed by atoms with Gasteiger partial charge in [-0.15, -0.1) is 0 Å². The number of nitrogens with zero attached hydrogens (tertiary/aromatic N) is 4. The number of imidazole rings is 1. The fourth-order valence-corrected chi connectivity index (χ4v) is 4.29. The SMILES string of the molecule is COc1cccc(CN2CCn3c(-c4cc(C(C)C)[nH]n4)nc(CCC(C)C)c3C2)c1O. The van der Waals surface area contributed by atoms with Gasteiger partial charge in [0.25, 0.3) is 0 Å². The number of hydrogen-bond donors (Lipinski definition) is 2. The molecule has 0 radical (unpaired) electrons. The van der Waals surface area contributed by atoms with E-state index in [1.165, 1.54) is 11.4 Å². The fourth-order valence-electron chi connectivity index (χ4n) is 4.29. The Labute approximate surface area is 190 Å². The van der Waals surface area contributed by atoms with Crippen LogP contribution in [0.15, 0.2) is 24.3 Å². The topological polar surface area (TPSA) is 79.2 Å². The molecule has 4 rings (SSSR count). The van der Waals surface area contributed by atoms with Crippen LogP contribution < -0.4 is 4.74 Å². The fraction of sp³-hybridized carbons (Fsp3) is 0.520. The van der Waals surface area contributed by atoms with E-state index in [1.54, 1.807) is 13.2 Å². The van der Waals surface area contributed by atoms with Gasteiger partial charge in [-0.1, -0.05) is 39.8 Å². The highest BCUT2D eigenvalue weighted by molar-refractivity contribution is 5.53. The van der Waals surface area contributed by atoms with Crippen LogP contribution in [0, 0.1) is 5.92 Å². The number of fused-ring (bicyclic) bond motifs is 1. The lowest BCUT2D eigenvalue weighted by Crippen LogP contribution is -2.33. The van der Waals surface area contributed by atoms with Crippen molar-refractivity contribution in [3.05, 3.63) is 46.9 Å². The Morgan fingerprint density at radius 1 is 1.19 bits per heavy atom. The maximum atomic E-state index is 10.5. The summed E-state index contributed by atoms with van der Waals surface area (Å²) in [4.78, 5) is 7.45. The quantitative estimate of drug-likeness (QED) is 0.533. The van der Waals surface area contributed by atoms with Crippen molar-refractivity contribution in [2.45, 2.75) is 66.1 Å². The molecule has 0 unspecified atom stereocenters. The maximum Gasteiger partial charge on any atom is 0.162 e. The molecule has 7 heteroatoms. The van der Waals surface area contributed by atoms with Crippen LogP contribution >= 0.6 is 0 Å². The molecule has 0 saturated heterocycles. The molecule has 0 aliphatic carbocycles. The molecular formula is C25H35N5O2. The van der Waals surface area contributed by atoms with Crippen molar-refractivity contribution in [3.8, 4) is 23.0 Å². The number of methoxy groups -OCH3 is 1. The number of benzene rings is 1. The third-order valence-corrected chi connectivity index (χ3v) is 6.27. The second-order valence-electron chi connectivity index (χ2n) is 9.45. The summed E-state index contributed by atoms with van der Waals surface area (Å²) in [6.45, 7) is 12.1. The van der Waals surface area contributed by atoms with Crippen LogP contribution in [0.5, 0.6) is 11.5 Å². The lowest BCUT2D eigenvalue weighted by Gasteiger charge is -2.29. The molecule has 3 heterocycles. The molecule has 7 nitrogen and oxygen atoms in total. The summed E-state index contributed by atoms with van der Waals surface area (Å²) >= 11 is 0. The molecule has 0 saturated carbocycles. The van der Waals surface area contributed by atoms with Crippen molar-refractivity contribution < 1.29 is 9.84 Å². The summed E-state index contributed by atoms with van der Waals surface area (Å²) in [5, 5.41) is 18.3. The molecule has 0 amide bonds. The van der Waals surface area contributed by atoms with Gasteiger partial charge in [-0.05, 0) is 36.8 Å². The number of ether oxygens (including phenoxy) is 1. The first kappa shape index (κ1) is 22.4. The minimum Gasteiger partial charge on any atom is -0.504 e. The second-order valence-corrected chi connectivity index (χ2v) is 9.45. The smallest absolute Gasteiger partial charge is 0.162 e. The third-order valence-electron chi connectivity index (χ3n) is 6.27. The number of aromatic amines is 1. The molecule has 0 atom stereocenters. The zero-order valence-electron chi connectivity index (χ0n) is 19.9. The Balaban J connectivity index is 1.63. The van der Waals surface area contributed by atoms with Crippen LogP contribution in [0.4, 0.5) is 0 Å².